The lowest BCUT2D eigenvalue weighted by atomic mass is 10.0. The molecule has 7 nitrogen and oxygen atoms in total. The third-order valence-electron chi connectivity index (χ3n) is 4.49. The molecule has 1 aromatic carbocycles. The molecule has 1 amide bonds. The number of carbonyl (C=O) groups excluding carboxylic acids is 1. The van der Waals surface area contributed by atoms with Crippen LogP contribution in [-0.2, 0) is 9.84 Å². The number of aromatic nitrogens is 2. The zero-order valence-electron chi connectivity index (χ0n) is 15.7. The zero-order valence-corrected chi connectivity index (χ0v) is 16.5. The summed E-state index contributed by atoms with van der Waals surface area (Å²) in [5.41, 5.74) is 2.93. The third-order valence-corrected chi connectivity index (χ3v) is 6.26. The average Bonchev–Trinajstić information content (AvgIpc) is 2.93. The molecule has 0 spiro atoms. The van der Waals surface area contributed by atoms with E-state index in [1.54, 1.807) is 13.0 Å². The van der Waals surface area contributed by atoms with Gasteiger partial charge in [-0.3, -0.25) is 4.79 Å². The van der Waals surface area contributed by atoms with Crippen LogP contribution in [0.5, 0.6) is 0 Å². The number of sulfone groups is 1. The highest BCUT2D eigenvalue weighted by atomic mass is 32.2. The van der Waals surface area contributed by atoms with E-state index in [-0.39, 0.29) is 29.1 Å². The van der Waals surface area contributed by atoms with Gasteiger partial charge in [-0.15, -0.1) is 0 Å². The van der Waals surface area contributed by atoms with E-state index in [0.29, 0.717) is 24.0 Å². The Morgan fingerprint density at radius 1 is 1.19 bits per heavy atom. The Hall–Kier alpha value is -2.48. The summed E-state index contributed by atoms with van der Waals surface area (Å²) in [6.45, 7) is 6.05. The summed E-state index contributed by atoms with van der Waals surface area (Å²) in [4.78, 5) is 21.1. The van der Waals surface area contributed by atoms with E-state index in [1.165, 1.54) is 5.56 Å². The molecule has 2 N–H and O–H groups in total. The molecule has 0 bridgehead atoms. The summed E-state index contributed by atoms with van der Waals surface area (Å²) in [7, 11) is -3.05. The Bertz CT molecular complexity index is 940. The number of nitrogens with zero attached hydrogens (tertiary/aromatic N) is 2. The zero-order chi connectivity index (χ0) is 19.6. The van der Waals surface area contributed by atoms with E-state index in [1.807, 2.05) is 24.3 Å². The average molecular weight is 388 g/mol. The van der Waals surface area contributed by atoms with Crippen LogP contribution in [0.4, 0.5) is 11.6 Å². The highest BCUT2D eigenvalue weighted by molar-refractivity contribution is 7.91. The predicted molar refractivity (Wildman–Crippen MR) is 105 cm³/mol. The molecule has 0 saturated carbocycles. The molecule has 1 fully saturated rings. The third kappa shape index (κ3) is 5.03. The molecular weight excluding hydrogens is 364 g/mol. The molecule has 1 aliphatic rings. The molecular formula is C19H24N4O3S. The van der Waals surface area contributed by atoms with Crippen molar-refractivity contribution in [3.8, 4) is 0 Å². The predicted octanol–water partition coefficient (Wildman–Crippen LogP) is 2.57. The molecule has 144 valence electrons. The van der Waals surface area contributed by atoms with Gasteiger partial charge in [-0.25, -0.2) is 18.4 Å². The molecule has 1 aromatic heterocycles. The van der Waals surface area contributed by atoms with Gasteiger partial charge in [0.05, 0.1) is 11.5 Å². The van der Waals surface area contributed by atoms with Crippen LogP contribution in [0.15, 0.2) is 30.3 Å². The first-order chi connectivity index (χ1) is 12.7. The second-order valence-electron chi connectivity index (χ2n) is 7.19. The minimum atomic E-state index is -3.05. The molecule has 1 aliphatic heterocycles. The first kappa shape index (κ1) is 19.3. The molecule has 0 aliphatic carbocycles. The molecule has 8 heteroatoms. The Labute approximate surface area is 159 Å². The number of nitrogens with one attached hydrogen (secondary N) is 2. The summed E-state index contributed by atoms with van der Waals surface area (Å²) >= 11 is 0. The minimum absolute atomic E-state index is 0.0177. The van der Waals surface area contributed by atoms with Crippen molar-refractivity contribution < 1.29 is 13.2 Å². The monoisotopic (exact) mass is 388 g/mol. The van der Waals surface area contributed by atoms with Gasteiger partial charge >= 0.3 is 0 Å². The smallest absolute Gasteiger partial charge is 0.270 e. The highest BCUT2D eigenvalue weighted by Gasteiger charge is 2.29. The SMILES string of the molecule is Cc1cc(C(=O)NC2CCS(=O)(=O)C2)nc(Nc2ccc(C(C)C)cc2)n1. The van der Waals surface area contributed by atoms with Crippen LogP contribution in [0.2, 0.25) is 0 Å². The first-order valence-corrected chi connectivity index (χ1v) is 10.8. The second kappa shape index (κ2) is 7.64. The van der Waals surface area contributed by atoms with E-state index in [9.17, 15) is 13.2 Å². The minimum Gasteiger partial charge on any atom is -0.347 e. The van der Waals surface area contributed by atoms with Gasteiger partial charge in [0.2, 0.25) is 5.95 Å². The lowest BCUT2D eigenvalue weighted by Gasteiger charge is -2.12. The van der Waals surface area contributed by atoms with Crippen LogP contribution in [0, 0.1) is 6.92 Å². The highest BCUT2D eigenvalue weighted by Crippen LogP contribution is 2.19. The number of hydrogen-bond acceptors (Lipinski definition) is 6. The van der Waals surface area contributed by atoms with Crippen molar-refractivity contribution in [1.82, 2.24) is 15.3 Å². The Morgan fingerprint density at radius 2 is 1.89 bits per heavy atom. The maximum absolute atomic E-state index is 12.5. The Balaban J connectivity index is 1.73. The van der Waals surface area contributed by atoms with Crippen molar-refractivity contribution in [2.24, 2.45) is 0 Å². The number of hydrogen-bond donors (Lipinski definition) is 2. The van der Waals surface area contributed by atoms with E-state index in [2.05, 4.69) is 34.4 Å². The molecule has 0 radical (unpaired) electrons. The number of carbonyl (C=O) groups is 1. The fourth-order valence-electron chi connectivity index (χ4n) is 2.99. The van der Waals surface area contributed by atoms with Gasteiger partial charge in [-0.05, 0) is 43.0 Å². The van der Waals surface area contributed by atoms with E-state index >= 15 is 0 Å². The largest absolute Gasteiger partial charge is 0.347 e. The Kier molecular flexibility index (Phi) is 5.46. The van der Waals surface area contributed by atoms with Crippen molar-refractivity contribution in [3.63, 3.8) is 0 Å². The normalized spacial score (nSPS) is 18.4. The maximum atomic E-state index is 12.5. The van der Waals surface area contributed by atoms with E-state index in [0.717, 1.165) is 5.69 Å². The fraction of sp³-hybridized carbons (Fsp3) is 0.421. The van der Waals surface area contributed by atoms with Crippen LogP contribution >= 0.6 is 0 Å². The molecule has 2 heterocycles. The van der Waals surface area contributed by atoms with E-state index < -0.39 is 9.84 Å². The van der Waals surface area contributed by atoms with Crippen LogP contribution in [-0.4, -0.2) is 41.8 Å². The van der Waals surface area contributed by atoms with Crippen LogP contribution in [0.25, 0.3) is 0 Å². The van der Waals surface area contributed by atoms with Gasteiger partial charge in [0.25, 0.3) is 5.91 Å². The van der Waals surface area contributed by atoms with Gasteiger partial charge in [-0.2, -0.15) is 0 Å². The number of aryl methyl sites for hydroxylation is 1. The molecule has 27 heavy (non-hydrogen) atoms. The van der Waals surface area contributed by atoms with Crippen molar-refractivity contribution >= 4 is 27.4 Å². The van der Waals surface area contributed by atoms with Gasteiger partial charge in [0, 0.05) is 17.4 Å². The summed E-state index contributed by atoms with van der Waals surface area (Å²) in [5.74, 6) is 0.483. The van der Waals surface area contributed by atoms with Crippen LogP contribution in [0.3, 0.4) is 0 Å². The Morgan fingerprint density at radius 3 is 2.48 bits per heavy atom. The molecule has 1 saturated heterocycles. The van der Waals surface area contributed by atoms with Crippen molar-refractivity contribution in [3.05, 3.63) is 47.3 Å². The maximum Gasteiger partial charge on any atom is 0.270 e. The van der Waals surface area contributed by atoms with Crippen LogP contribution in [0.1, 0.15) is 47.9 Å². The summed E-state index contributed by atoms with van der Waals surface area (Å²) < 4.78 is 23.1. The van der Waals surface area contributed by atoms with Crippen molar-refractivity contribution in [2.45, 2.75) is 39.2 Å². The second-order valence-corrected chi connectivity index (χ2v) is 9.42. The molecule has 2 aromatic rings. The molecule has 1 unspecified atom stereocenters. The van der Waals surface area contributed by atoms with Gasteiger partial charge in [0.15, 0.2) is 9.84 Å². The lowest BCUT2D eigenvalue weighted by Crippen LogP contribution is -2.36. The quantitative estimate of drug-likeness (QED) is 0.816. The summed E-state index contributed by atoms with van der Waals surface area (Å²) in [6.07, 6.45) is 0.436. The molecule has 1 atom stereocenters. The van der Waals surface area contributed by atoms with Gasteiger partial charge < -0.3 is 10.6 Å². The van der Waals surface area contributed by atoms with Gasteiger partial charge in [-0.1, -0.05) is 26.0 Å². The number of rotatable bonds is 5. The topological polar surface area (TPSA) is 101 Å². The van der Waals surface area contributed by atoms with Crippen molar-refractivity contribution in [1.29, 1.82) is 0 Å². The summed E-state index contributed by atoms with van der Waals surface area (Å²) in [6, 6.07) is 9.20. The number of amides is 1. The van der Waals surface area contributed by atoms with Crippen molar-refractivity contribution in [2.75, 3.05) is 16.8 Å². The standard InChI is InChI=1S/C19H24N4O3S/c1-12(2)14-4-6-15(7-5-14)22-19-20-13(3)10-17(23-19)18(24)21-16-8-9-27(25,26)11-16/h4-7,10,12,16H,8-9,11H2,1-3H3,(H,21,24)(H,20,22,23). The lowest BCUT2D eigenvalue weighted by molar-refractivity contribution is 0.0936. The van der Waals surface area contributed by atoms with E-state index in [4.69, 9.17) is 0 Å². The first-order valence-electron chi connectivity index (χ1n) is 8.96. The number of benzene rings is 1. The van der Waals surface area contributed by atoms with Crippen LogP contribution < -0.4 is 10.6 Å². The summed E-state index contributed by atoms with van der Waals surface area (Å²) in [5, 5.41) is 5.87. The fourth-order valence-corrected chi connectivity index (χ4v) is 4.66. The molecule has 3 rings (SSSR count). The van der Waals surface area contributed by atoms with Gasteiger partial charge in [0.1, 0.15) is 5.69 Å². The number of anilines is 2.